The molecule has 2 aromatic rings. The molecule has 1 aliphatic heterocycles. The van der Waals surface area contributed by atoms with E-state index in [0.717, 1.165) is 49.4 Å². The molecule has 8 nitrogen and oxygen atoms in total. The summed E-state index contributed by atoms with van der Waals surface area (Å²) in [5, 5.41) is 9.97. The summed E-state index contributed by atoms with van der Waals surface area (Å²) in [5.74, 6) is 1.90. The highest BCUT2D eigenvalue weighted by Gasteiger charge is 2.17. The first kappa shape index (κ1) is 20.0. The Labute approximate surface area is 165 Å². The minimum atomic E-state index is -0.465. The van der Waals surface area contributed by atoms with E-state index in [0.29, 0.717) is 29.4 Å². The summed E-state index contributed by atoms with van der Waals surface area (Å²) >= 11 is 0. The van der Waals surface area contributed by atoms with Crippen molar-refractivity contribution in [3.05, 3.63) is 35.2 Å². The van der Waals surface area contributed by atoms with Crippen molar-refractivity contribution < 1.29 is 4.79 Å². The Morgan fingerprint density at radius 2 is 2.07 bits per heavy atom. The lowest BCUT2D eigenvalue weighted by Crippen LogP contribution is -2.24. The Hall–Kier alpha value is -2.74. The second kappa shape index (κ2) is 8.97. The number of carbonyl (C=O) groups excluding carboxylic acids is 1. The fourth-order valence-corrected chi connectivity index (χ4v) is 3.06. The van der Waals surface area contributed by atoms with Gasteiger partial charge in [0.15, 0.2) is 0 Å². The number of carbonyl (C=O) groups is 1. The van der Waals surface area contributed by atoms with Gasteiger partial charge in [0.2, 0.25) is 17.8 Å². The number of hydrogen-bond acceptors (Lipinski definition) is 7. The third-order valence-corrected chi connectivity index (χ3v) is 4.79. The quantitative estimate of drug-likeness (QED) is 0.553. The molecule has 1 aromatic heterocycles. The second-order valence-corrected chi connectivity index (χ2v) is 7.68. The molecule has 1 aliphatic rings. The van der Waals surface area contributed by atoms with Gasteiger partial charge in [0, 0.05) is 30.3 Å². The third-order valence-electron chi connectivity index (χ3n) is 4.79. The highest BCUT2D eigenvalue weighted by atomic mass is 16.1. The van der Waals surface area contributed by atoms with Crippen LogP contribution >= 0.6 is 0 Å². The monoisotopic (exact) mass is 383 g/mol. The molecular formula is C20H29N7O. The molecule has 3 rings (SSSR count). The van der Waals surface area contributed by atoms with Crippen LogP contribution in [-0.2, 0) is 6.42 Å². The van der Waals surface area contributed by atoms with Gasteiger partial charge in [-0.3, -0.25) is 4.79 Å². The number of nitrogens with two attached hydrogens (primary N) is 1. The predicted molar refractivity (Wildman–Crippen MR) is 111 cm³/mol. The minimum absolute atomic E-state index is 0.313. The van der Waals surface area contributed by atoms with Gasteiger partial charge in [-0.2, -0.15) is 15.0 Å². The lowest BCUT2D eigenvalue weighted by molar-refractivity contribution is 0.100. The van der Waals surface area contributed by atoms with Gasteiger partial charge in [-0.1, -0.05) is 19.9 Å². The minimum Gasteiger partial charge on any atom is -0.366 e. The summed E-state index contributed by atoms with van der Waals surface area (Å²) < 4.78 is 0. The van der Waals surface area contributed by atoms with E-state index in [1.54, 1.807) is 12.1 Å². The van der Waals surface area contributed by atoms with E-state index >= 15 is 0 Å². The molecule has 0 bridgehead atoms. The topological polar surface area (TPSA) is 118 Å². The van der Waals surface area contributed by atoms with Crippen LogP contribution < -0.4 is 21.7 Å². The van der Waals surface area contributed by atoms with Gasteiger partial charge in [-0.15, -0.1) is 0 Å². The van der Waals surface area contributed by atoms with Crippen molar-refractivity contribution in [1.82, 2.24) is 20.3 Å². The summed E-state index contributed by atoms with van der Waals surface area (Å²) in [7, 11) is 0. The molecule has 0 saturated carbocycles. The fourth-order valence-electron chi connectivity index (χ4n) is 3.06. The molecule has 2 heterocycles. The van der Waals surface area contributed by atoms with Crippen molar-refractivity contribution >= 4 is 23.5 Å². The molecule has 0 radical (unpaired) electrons. The van der Waals surface area contributed by atoms with Crippen LogP contribution in [0.1, 0.15) is 48.4 Å². The number of anilines is 3. The number of nitrogens with one attached hydrogen (secondary N) is 3. The van der Waals surface area contributed by atoms with E-state index in [9.17, 15) is 4.79 Å². The van der Waals surface area contributed by atoms with E-state index in [2.05, 4.69) is 44.7 Å². The zero-order valence-corrected chi connectivity index (χ0v) is 16.7. The lowest BCUT2D eigenvalue weighted by Gasteiger charge is -2.15. The number of aryl methyl sites for hydroxylation is 2. The Morgan fingerprint density at radius 3 is 2.75 bits per heavy atom. The molecule has 1 saturated heterocycles. The van der Waals surface area contributed by atoms with Crippen LogP contribution in [0.5, 0.6) is 0 Å². The molecule has 0 spiro atoms. The summed E-state index contributed by atoms with van der Waals surface area (Å²) in [4.78, 5) is 25.2. The summed E-state index contributed by atoms with van der Waals surface area (Å²) in [5.41, 5.74) is 7.58. The van der Waals surface area contributed by atoms with Crippen molar-refractivity contribution in [1.29, 1.82) is 0 Å². The van der Waals surface area contributed by atoms with E-state index < -0.39 is 5.91 Å². The number of amides is 1. The molecule has 8 heteroatoms. The molecule has 1 amide bonds. The Balaban J connectivity index is 1.86. The van der Waals surface area contributed by atoms with Crippen molar-refractivity contribution in [3.63, 3.8) is 0 Å². The number of rotatable bonds is 8. The van der Waals surface area contributed by atoms with Gasteiger partial charge < -0.3 is 21.7 Å². The van der Waals surface area contributed by atoms with Gasteiger partial charge in [0.1, 0.15) is 5.82 Å². The van der Waals surface area contributed by atoms with E-state index in [4.69, 9.17) is 5.73 Å². The predicted octanol–water partition coefficient (Wildman–Crippen LogP) is 2.38. The van der Waals surface area contributed by atoms with Crippen LogP contribution in [0.2, 0.25) is 0 Å². The largest absolute Gasteiger partial charge is 0.366 e. The average Bonchev–Trinajstić information content (AvgIpc) is 3.14. The molecule has 1 atom stereocenters. The first-order valence-electron chi connectivity index (χ1n) is 9.80. The van der Waals surface area contributed by atoms with Crippen molar-refractivity contribution in [2.45, 2.75) is 46.1 Å². The van der Waals surface area contributed by atoms with Gasteiger partial charge in [0.25, 0.3) is 0 Å². The maximum atomic E-state index is 11.5. The Kier molecular flexibility index (Phi) is 6.41. The number of aromatic nitrogens is 3. The maximum absolute atomic E-state index is 11.5. The van der Waals surface area contributed by atoms with Crippen LogP contribution in [0, 0.1) is 12.8 Å². The smallest absolute Gasteiger partial charge is 0.248 e. The van der Waals surface area contributed by atoms with Gasteiger partial charge in [0.05, 0.1) is 0 Å². The van der Waals surface area contributed by atoms with Crippen molar-refractivity contribution in [2.24, 2.45) is 11.7 Å². The van der Waals surface area contributed by atoms with Gasteiger partial charge in [-0.05, 0) is 49.9 Å². The SMILES string of the molecule is Cc1ccc(C(N)=O)cc1Nc1nc(CCC(C)C)nc(N[C@H]2CCNC2)n1. The van der Waals surface area contributed by atoms with E-state index in [1.807, 2.05) is 13.0 Å². The number of hydrogen-bond donors (Lipinski definition) is 4. The number of benzene rings is 1. The molecule has 5 N–H and O–H groups in total. The van der Waals surface area contributed by atoms with Crippen molar-refractivity contribution in [2.75, 3.05) is 23.7 Å². The van der Waals surface area contributed by atoms with Crippen LogP contribution in [0.25, 0.3) is 0 Å². The van der Waals surface area contributed by atoms with Crippen LogP contribution in [-0.4, -0.2) is 40.0 Å². The molecule has 150 valence electrons. The molecular weight excluding hydrogens is 354 g/mol. The fraction of sp³-hybridized carbons (Fsp3) is 0.500. The van der Waals surface area contributed by atoms with E-state index in [1.165, 1.54) is 0 Å². The van der Waals surface area contributed by atoms with E-state index in [-0.39, 0.29) is 0 Å². The van der Waals surface area contributed by atoms with Gasteiger partial charge >= 0.3 is 0 Å². The zero-order chi connectivity index (χ0) is 20.1. The normalized spacial score (nSPS) is 16.4. The molecule has 0 aliphatic carbocycles. The van der Waals surface area contributed by atoms with Gasteiger partial charge in [-0.25, -0.2) is 0 Å². The van der Waals surface area contributed by atoms with Crippen LogP contribution in [0.15, 0.2) is 18.2 Å². The first-order chi connectivity index (χ1) is 13.4. The summed E-state index contributed by atoms with van der Waals surface area (Å²) in [6, 6.07) is 5.61. The maximum Gasteiger partial charge on any atom is 0.248 e. The van der Waals surface area contributed by atoms with Crippen LogP contribution in [0.3, 0.4) is 0 Å². The van der Waals surface area contributed by atoms with Crippen LogP contribution in [0.4, 0.5) is 17.6 Å². The number of primary amides is 1. The Bertz CT molecular complexity index is 831. The zero-order valence-electron chi connectivity index (χ0n) is 16.7. The second-order valence-electron chi connectivity index (χ2n) is 7.68. The Morgan fingerprint density at radius 1 is 1.29 bits per heavy atom. The summed E-state index contributed by atoms with van der Waals surface area (Å²) in [6.07, 6.45) is 2.83. The summed E-state index contributed by atoms with van der Waals surface area (Å²) in [6.45, 7) is 8.21. The molecule has 28 heavy (non-hydrogen) atoms. The molecule has 1 fully saturated rings. The number of nitrogens with zero attached hydrogens (tertiary/aromatic N) is 3. The molecule has 1 aromatic carbocycles. The highest BCUT2D eigenvalue weighted by molar-refractivity contribution is 5.94. The average molecular weight is 384 g/mol. The molecule has 0 unspecified atom stereocenters. The lowest BCUT2D eigenvalue weighted by atomic mass is 10.1. The first-order valence-corrected chi connectivity index (χ1v) is 9.80. The third kappa shape index (κ3) is 5.39. The van der Waals surface area contributed by atoms with Crippen molar-refractivity contribution in [3.8, 4) is 0 Å². The highest BCUT2D eigenvalue weighted by Crippen LogP contribution is 2.21. The standard InChI is InChI=1S/C20H29N7O/c1-12(2)4-7-17-25-19(23-15-8-9-22-11-15)27-20(26-17)24-16-10-14(18(21)28)6-5-13(16)3/h5-6,10,12,15,22H,4,7-9,11H2,1-3H3,(H2,21,28)(H2,23,24,25,26,27)/t15-/m0/s1.